The summed E-state index contributed by atoms with van der Waals surface area (Å²) in [4.78, 5) is 53.6. The Hall–Kier alpha value is -5.97. The maximum atomic E-state index is 15.2. The standard InChI is InChI=1S/C38H44FN11O5/c1-23-15-24(5-6-25(23)17-41-36(53)34-46-37(55-47-34)38(2,3)4)33-30-16-28(20-50(30)43-22-42-33)54-21-26(39)19-48-11-13-49(14-12-48)31-9-7-27(18-40-31)44-29-8-10-32(51)45-35(29)52/h5-7,9,15-16,18,20,22,26,29,44H,8,10-14,17,19,21H2,1-4H3,(H,41,53)(H,45,51,52). The van der Waals surface area contributed by atoms with Gasteiger partial charge < -0.3 is 24.8 Å². The predicted octanol–water partition coefficient (Wildman–Crippen LogP) is 3.47. The highest BCUT2D eigenvalue weighted by Gasteiger charge is 2.27. The molecule has 55 heavy (non-hydrogen) atoms. The lowest BCUT2D eigenvalue weighted by atomic mass is 9.97. The van der Waals surface area contributed by atoms with E-state index in [-0.39, 0.29) is 42.8 Å². The van der Waals surface area contributed by atoms with E-state index in [1.807, 2.05) is 58.0 Å². The van der Waals surface area contributed by atoms with Gasteiger partial charge in [-0.3, -0.25) is 24.6 Å². The van der Waals surface area contributed by atoms with Crippen LogP contribution >= 0.6 is 0 Å². The number of fused-ring (bicyclic) bond motifs is 1. The molecule has 0 spiro atoms. The van der Waals surface area contributed by atoms with E-state index in [4.69, 9.17) is 9.26 Å². The van der Waals surface area contributed by atoms with Crippen LogP contribution in [0.25, 0.3) is 16.8 Å². The fourth-order valence-corrected chi connectivity index (χ4v) is 6.49. The second-order valence-corrected chi connectivity index (χ2v) is 14.9. The molecule has 4 aromatic heterocycles. The molecule has 6 heterocycles. The van der Waals surface area contributed by atoms with Crippen LogP contribution in [0.4, 0.5) is 15.9 Å². The first-order valence-electron chi connectivity index (χ1n) is 18.3. The third kappa shape index (κ3) is 8.88. The van der Waals surface area contributed by atoms with Gasteiger partial charge in [0.05, 0.1) is 29.3 Å². The zero-order valence-electron chi connectivity index (χ0n) is 31.2. The third-order valence-electron chi connectivity index (χ3n) is 9.62. The molecule has 2 unspecified atom stereocenters. The maximum Gasteiger partial charge on any atom is 0.292 e. The molecule has 5 aromatic rings. The summed E-state index contributed by atoms with van der Waals surface area (Å²) in [6, 6.07) is 11.0. The average Bonchev–Trinajstić information content (AvgIpc) is 3.84. The van der Waals surface area contributed by atoms with Crippen molar-refractivity contribution in [3.8, 4) is 17.0 Å². The number of aryl methyl sites for hydroxylation is 1. The van der Waals surface area contributed by atoms with Crippen molar-refractivity contribution in [1.82, 2.24) is 45.3 Å². The van der Waals surface area contributed by atoms with Crippen molar-refractivity contribution >= 4 is 34.7 Å². The molecule has 2 atom stereocenters. The zero-order chi connectivity index (χ0) is 38.7. The second kappa shape index (κ2) is 15.8. The van der Waals surface area contributed by atoms with Gasteiger partial charge in [0, 0.05) is 62.7 Å². The summed E-state index contributed by atoms with van der Waals surface area (Å²) in [7, 11) is 0. The first-order chi connectivity index (χ1) is 26.4. The SMILES string of the molecule is Cc1cc(-c2ncnn3cc(OCC(F)CN4CCN(c5ccc(NC6CCC(=O)NC6=O)cn5)CC4)cc23)ccc1CNC(=O)c1noc(C(C)(C)C)n1. The number of anilines is 2. The molecule has 2 saturated heterocycles. The van der Waals surface area contributed by atoms with E-state index in [1.165, 1.54) is 6.33 Å². The molecule has 2 fully saturated rings. The van der Waals surface area contributed by atoms with Crippen molar-refractivity contribution in [3.05, 3.63) is 78.0 Å². The fraction of sp³-hybridized carbons (Fsp3) is 0.421. The van der Waals surface area contributed by atoms with E-state index in [9.17, 15) is 14.4 Å². The number of rotatable bonds is 12. The third-order valence-corrected chi connectivity index (χ3v) is 9.62. The Morgan fingerprint density at radius 3 is 2.64 bits per heavy atom. The number of hydrogen-bond acceptors (Lipinski definition) is 13. The molecule has 288 valence electrons. The van der Waals surface area contributed by atoms with Gasteiger partial charge in [-0.25, -0.2) is 18.9 Å². The maximum absolute atomic E-state index is 15.2. The lowest BCUT2D eigenvalue weighted by Gasteiger charge is -2.36. The Morgan fingerprint density at radius 1 is 1.11 bits per heavy atom. The number of piperidine rings is 1. The molecule has 0 bridgehead atoms. The normalized spacial score (nSPS) is 17.3. The number of aromatic nitrogens is 6. The molecule has 16 nitrogen and oxygen atoms in total. The summed E-state index contributed by atoms with van der Waals surface area (Å²) in [5.41, 5.74) is 4.48. The van der Waals surface area contributed by atoms with Crippen LogP contribution in [-0.2, 0) is 21.5 Å². The topological polar surface area (TPSA) is 185 Å². The summed E-state index contributed by atoms with van der Waals surface area (Å²) in [6.45, 7) is 10.9. The number of nitrogens with zero attached hydrogens (tertiary/aromatic N) is 8. The number of nitrogens with one attached hydrogen (secondary N) is 3. The van der Waals surface area contributed by atoms with Crippen LogP contribution in [0.2, 0.25) is 0 Å². The molecule has 0 aliphatic carbocycles. The van der Waals surface area contributed by atoms with Crippen LogP contribution in [0.1, 0.15) is 61.2 Å². The number of alkyl halides is 1. The van der Waals surface area contributed by atoms with Crippen LogP contribution in [0.3, 0.4) is 0 Å². The summed E-state index contributed by atoms with van der Waals surface area (Å²) in [6.07, 6.45) is 4.41. The number of imide groups is 1. The Labute approximate surface area is 316 Å². The van der Waals surface area contributed by atoms with Crippen molar-refractivity contribution in [1.29, 1.82) is 0 Å². The van der Waals surface area contributed by atoms with E-state index in [0.717, 1.165) is 22.5 Å². The largest absolute Gasteiger partial charge is 0.489 e. The Kier molecular flexibility index (Phi) is 10.7. The Balaban J connectivity index is 0.883. The number of amides is 3. The van der Waals surface area contributed by atoms with E-state index >= 15 is 4.39 Å². The van der Waals surface area contributed by atoms with Crippen molar-refractivity contribution in [3.63, 3.8) is 0 Å². The van der Waals surface area contributed by atoms with Gasteiger partial charge >= 0.3 is 0 Å². The number of benzene rings is 1. The number of piperazine rings is 1. The molecule has 3 N–H and O–H groups in total. The number of halogens is 1. The van der Waals surface area contributed by atoms with Crippen LogP contribution in [0, 0.1) is 6.92 Å². The molecule has 1 aromatic carbocycles. The van der Waals surface area contributed by atoms with E-state index in [1.54, 1.807) is 23.0 Å². The molecule has 2 aliphatic rings. The van der Waals surface area contributed by atoms with Gasteiger partial charge in [0.1, 0.15) is 36.7 Å². The number of hydrogen-bond donors (Lipinski definition) is 3. The lowest BCUT2D eigenvalue weighted by Crippen LogP contribution is -2.49. The first-order valence-corrected chi connectivity index (χ1v) is 18.3. The highest BCUT2D eigenvalue weighted by molar-refractivity contribution is 6.01. The average molecular weight is 754 g/mol. The van der Waals surface area contributed by atoms with Gasteiger partial charge in [-0.15, -0.1) is 0 Å². The molecular formula is C38H44FN11O5. The quantitative estimate of drug-likeness (QED) is 0.158. The van der Waals surface area contributed by atoms with Gasteiger partial charge in [-0.1, -0.05) is 38.1 Å². The van der Waals surface area contributed by atoms with Gasteiger partial charge in [0.2, 0.25) is 17.7 Å². The van der Waals surface area contributed by atoms with Crippen molar-refractivity contribution in [2.75, 3.05) is 49.5 Å². The summed E-state index contributed by atoms with van der Waals surface area (Å²) in [5.74, 6) is 0.688. The van der Waals surface area contributed by atoms with Crippen LogP contribution < -0.4 is 25.6 Å². The van der Waals surface area contributed by atoms with E-state index < -0.39 is 18.1 Å². The minimum atomic E-state index is -1.20. The Morgan fingerprint density at radius 2 is 1.93 bits per heavy atom. The fourth-order valence-electron chi connectivity index (χ4n) is 6.49. The summed E-state index contributed by atoms with van der Waals surface area (Å²) < 4.78 is 28.0. The van der Waals surface area contributed by atoms with Crippen molar-refractivity contribution < 1.29 is 28.0 Å². The molecule has 17 heteroatoms. The molecule has 2 aliphatic heterocycles. The molecule has 0 radical (unpaired) electrons. The van der Waals surface area contributed by atoms with Gasteiger partial charge in [-0.2, -0.15) is 10.1 Å². The first kappa shape index (κ1) is 37.3. The number of carbonyl (C=O) groups is 3. The zero-order valence-corrected chi connectivity index (χ0v) is 31.2. The highest BCUT2D eigenvalue weighted by atomic mass is 19.1. The van der Waals surface area contributed by atoms with Gasteiger partial charge in [-0.05, 0) is 42.7 Å². The van der Waals surface area contributed by atoms with Crippen molar-refractivity contribution in [2.24, 2.45) is 0 Å². The smallest absolute Gasteiger partial charge is 0.292 e. The molecule has 3 amide bonds. The van der Waals surface area contributed by atoms with Crippen LogP contribution in [-0.4, -0.2) is 104 Å². The van der Waals surface area contributed by atoms with Crippen LogP contribution in [0.15, 0.2) is 59.6 Å². The van der Waals surface area contributed by atoms with Gasteiger partial charge in [0.25, 0.3) is 11.7 Å². The van der Waals surface area contributed by atoms with Crippen molar-refractivity contribution in [2.45, 2.75) is 64.7 Å². The van der Waals surface area contributed by atoms with Gasteiger partial charge in [0.15, 0.2) is 0 Å². The minimum absolute atomic E-state index is 0.00680. The molecular weight excluding hydrogens is 709 g/mol. The highest BCUT2D eigenvalue weighted by Crippen LogP contribution is 2.28. The molecule has 7 rings (SSSR count). The monoisotopic (exact) mass is 753 g/mol. The molecule has 0 saturated carbocycles. The summed E-state index contributed by atoms with van der Waals surface area (Å²) in [5, 5.41) is 16.5. The second-order valence-electron chi connectivity index (χ2n) is 14.9. The van der Waals surface area contributed by atoms with E-state index in [2.05, 4.69) is 51.0 Å². The minimum Gasteiger partial charge on any atom is -0.489 e. The van der Waals surface area contributed by atoms with Crippen LogP contribution in [0.5, 0.6) is 5.75 Å². The Bertz CT molecular complexity index is 2170. The summed E-state index contributed by atoms with van der Waals surface area (Å²) >= 11 is 0. The van der Waals surface area contributed by atoms with E-state index in [0.29, 0.717) is 67.6 Å². The number of pyridine rings is 1. The number of ether oxygens (including phenoxy) is 1. The lowest BCUT2D eigenvalue weighted by molar-refractivity contribution is -0.133. The predicted molar refractivity (Wildman–Crippen MR) is 200 cm³/mol. The number of carbonyl (C=O) groups excluding carboxylic acids is 3.